The van der Waals surface area contributed by atoms with Gasteiger partial charge >= 0.3 is 0 Å². The van der Waals surface area contributed by atoms with E-state index in [2.05, 4.69) is 15.6 Å². The van der Waals surface area contributed by atoms with Gasteiger partial charge in [0.05, 0.1) is 4.90 Å². The average Bonchev–Trinajstić information content (AvgIpc) is 2.71. The van der Waals surface area contributed by atoms with Gasteiger partial charge in [0.15, 0.2) is 5.96 Å². The van der Waals surface area contributed by atoms with E-state index in [0.29, 0.717) is 30.5 Å². The first-order valence-electron chi connectivity index (χ1n) is 9.69. The van der Waals surface area contributed by atoms with E-state index >= 15 is 0 Å². The summed E-state index contributed by atoms with van der Waals surface area (Å²) >= 11 is 0. The molecule has 1 aromatic rings. The van der Waals surface area contributed by atoms with Crippen LogP contribution < -0.4 is 10.6 Å². The molecule has 0 atom stereocenters. The molecule has 0 spiro atoms. The Balaban J connectivity index is 0.00000392. The third-order valence-corrected chi connectivity index (χ3v) is 6.39. The molecule has 160 valence electrons. The number of hydrogen-bond donors (Lipinski definition) is 2. The fourth-order valence-corrected chi connectivity index (χ4v) is 4.59. The first kappa shape index (κ1) is 25.1. The molecule has 7 nitrogen and oxygen atoms in total. The highest BCUT2D eigenvalue weighted by molar-refractivity contribution is 14.0. The highest BCUT2D eigenvalue weighted by Crippen LogP contribution is 2.21. The maximum Gasteiger partial charge on any atom is 0.243 e. The number of piperidine rings is 1. The van der Waals surface area contributed by atoms with Crippen molar-refractivity contribution in [2.75, 3.05) is 39.9 Å². The molecular formula is C19H33IN4O3S. The van der Waals surface area contributed by atoms with Crippen molar-refractivity contribution in [1.29, 1.82) is 0 Å². The highest BCUT2D eigenvalue weighted by atomic mass is 127. The van der Waals surface area contributed by atoms with Gasteiger partial charge in [-0.25, -0.2) is 8.42 Å². The summed E-state index contributed by atoms with van der Waals surface area (Å²) in [6.45, 7) is 5.93. The van der Waals surface area contributed by atoms with Gasteiger partial charge in [-0.2, -0.15) is 4.31 Å². The number of nitrogens with zero attached hydrogens (tertiary/aromatic N) is 2. The van der Waals surface area contributed by atoms with Crippen molar-refractivity contribution in [3.8, 4) is 0 Å². The second-order valence-corrected chi connectivity index (χ2v) is 8.45. The molecule has 1 saturated heterocycles. The maximum atomic E-state index is 12.8. The SMILES string of the molecule is CCOCCCNC(=NC)NCc1cccc(S(=O)(=O)N2CCCCC2)c1.I. The van der Waals surface area contributed by atoms with Crippen molar-refractivity contribution in [3.63, 3.8) is 0 Å². The first-order chi connectivity index (χ1) is 13.1. The molecule has 0 saturated carbocycles. The fraction of sp³-hybridized carbons (Fsp3) is 0.632. The van der Waals surface area contributed by atoms with Gasteiger partial charge in [-0.1, -0.05) is 18.6 Å². The molecule has 0 aliphatic carbocycles. The van der Waals surface area contributed by atoms with Crippen LogP contribution in [0.15, 0.2) is 34.2 Å². The van der Waals surface area contributed by atoms with Crippen molar-refractivity contribution in [2.24, 2.45) is 4.99 Å². The first-order valence-corrected chi connectivity index (χ1v) is 11.1. The Hall–Kier alpha value is -0.910. The Kier molecular flexibility index (Phi) is 12.0. The summed E-state index contributed by atoms with van der Waals surface area (Å²) in [5.74, 6) is 0.691. The van der Waals surface area contributed by atoms with Crippen LogP contribution >= 0.6 is 24.0 Å². The Morgan fingerprint density at radius 3 is 2.64 bits per heavy atom. The number of rotatable bonds is 9. The predicted octanol–water partition coefficient (Wildman–Crippen LogP) is 2.57. The van der Waals surface area contributed by atoms with Crippen molar-refractivity contribution < 1.29 is 13.2 Å². The van der Waals surface area contributed by atoms with Crippen LogP contribution in [0.4, 0.5) is 0 Å². The van der Waals surface area contributed by atoms with Crippen LogP contribution in [0.25, 0.3) is 0 Å². The summed E-state index contributed by atoms with van der Waals surface area (Å²) in [7, 11) is -1.69. The lowest BCUT2D eigenvalue weighted by molar-refractivity contribution is 0.145. The lowest BCUT2D eigenvalue weighted by Crippen LogP contribution is -2.37. The number of hydrogen-bond acceptors (Lipinski definition) is 4. The van der Waals surface area contributed by atoms with Gasteiger partial charge < -0.3 is 15.4 Å². The summed E-state index contributed by atoms with van der Waals surface area (Å²) in [6.07, 6.45) is 3.88. The van der Waals surface area contributed by atoms with Gasteiger partial charge in [-0.3, -0.25) is 4.99 Å². The van der Waals surface area contributed by atoms with Crippen LogP contribution in [0.5, 0.6) is 0 Å². The standard InChI is InChI=1S/C19H32N4O3S.HI/c1-3-26-14-8-11-21-19(20-2)22-16-17-9-7-10-18(15-17)27(24,25)23-12-5-4-6-13-23;/h7,9-10,15H,3-6,8,11-14,16H2,1-2H3,(H2,20,21,22);1H. The summed E-state index contributed by atoms with van der Waals surface area (Å²) in [4.78, 5) is 4.56. The monoisotopic (exact) mass is 524 g/mol. The van der Waals surface area contributed by atoms with E-state index in [-0.39, 0.29) is 24.0 Å². The third kappa shape index (κ3) is 7.84. The van der Waals surface area contributed by atoms with Crippen molar-refractivity contribution in [1.82, 2.24) is 14.9 Å². The van der Waals surface area contributed by atoms with Crippen molar-refractivity contribution >= 4 is 40.0 Å². The number of nitrogens with one attached hydrogen (secondary N) is 2. The number of halogens is 1. The number of benzene rings is 1. The quantitative estimate of drug-likeness (QED) is 0.225. The van der Waals surface area contributed by atoms with Crippen molar-refractivity contribution in [2.45, 2.75) is 44.0 Å². The molecule has 0 bridgehead atoms. The summed E-state index contributed by atoms with van der Waals surface area (Å²) < 4.78 is 32.5. The second kappa shape index (κ2) is 13.3. The molecule has 1 fully saturated rings. The molecule has 9 heteroatoms. The zero-order valence-electron chi connectivity index (χ0n) is 16.8. The lowest BCUT2D eigenvalue weighted by atomic mass is 10.2. The van der Waals surface area contributed by atoms with E-state index in [4.69, 9.17) is 4.74 Å². The Bertz CT molecular complexity index is 707. The van der Waals surface area contributed by atoms with Gasteiger partial charge in [-0.15, -0.1) is 24.0 Å². The van der Waals surface area contributed by atoms with Crippen molar-refractivity contribution in [3.05, 3.63) is 29.8 Å². The second-order valence-electron chi connectivity index (χ2n) is 6.52. The van der Waals surface area contributed by atoms with Crippen LogP contribution in [0, 0.1) is 0 Å². The highest BCUT2D eigenvalue weighted by Gasteiger charge is 2.25. The van der Waals surface area contributed by atoms with E-state index in [1.807, 2.05) is 13.0 Å². The van der Waals surface area contributed by atoms with Crippen LogP contribution in [0.1, 0.15) is 38.2 Å². The molecule has 1 aliphatic rings. The molecular weight excluding hydrogens is 491 g/mol. The number of guanidine groups is 1. The smallest absolute Gasteiger partial charge is 0.243 e. The summed E-state index contributed by atoms with van der Waals surface area (Å²) in [5, 5.41) is 6.45. The van der Waals surface area contributed by atoms with E-state index in [0.717, 1.165) is 51.0 Å². The zero-order valence-corrected chi connectivity index (χ0v) is 20.0. The van der Waals surface area contributed by atoms with Gasteiger partial charge in [0.2, 0.25) is 10.0 Å². The molecule has 0 radical (unpaired) electrons. The molecule has 0 aromatic heterocycles. The summed E-state index contributed by atoms with van der Waals surface area (Å²) in [5.41, 5.74) is 0.908. The minimum atomic E-state index is -3.41. The van der Waals surface area contributed by atoms with E-state index < -0.39 is 10.0 Å². The molecule has 2 N–H and O–H groups in total. The topological polar surface area (TPSA) is 83.0 Å². The maximum absolute atomic E-state index is 12.8. The normalized spacial score (nSPS) is 15.7. The van der Waals surface area contributed by atoms with Crippen LogP contribution in [-0.4, -0.2) is 58.6 Å². The van der Waals surface area contributed by atoms with Gasteiger partial charge in [0, 0.05) is 46.4 Å². The summed E-state index contributed by atoms with van der Waals surface area (Å²) in [6, 6.07) is 7.14. The minimum Gasteiger partial charge on any atom is -0.382 e. The molecule has 0 amide bonds. The van der Waals surface area contributed by atoms with Gasteiger partial charge in [-0.05, 0) is 43.9 Å². The molecule has 1 heterocycles. The number of sulfonamides is 1. The average molecular weight is 524 g/mol. The van der Waals surface area contributed by atoms with Gasteiger partial charge in [0.25, 0.3) is 0 Å². The van der Waals surface area contributed by atoms with Crippen LogP contribution in [-0.2, 0) is 21.3 Å². The van der Waals surface area contributed by atoms with E-state index in [1.165, 1.54) is 0 Å². The van der Waals surface area contributed by atoms with Crippen LogP contribution in [0.3, 0.4) is 0 Å². The molecule has 28 heavy (non-hydrogen) atoms. The fourth-order valence-electron chi connectivity index (χ4n) is 3.00. The van der Waals surface area contributed by atoms with E-state index in [1.54, 1.807) is 29.6 Å². The van der Waals surface area contributed by atoms with Gasteiger partial charge in [0.1, 0.15) is 0 Å². The third-order valence-electron chi connectivity index (χ3n) is 4.50. The predicted molar refractivity (Wildman–Crippen MR) is 124 cm³/mol. The number of aliphatic imine (C=N–C) groups is 1. The van der Waals surface area contributed by atoms with E-state index in [9.17, 15) is 8.42 Å². The molecule has 2 rings (SSSR count). The Morgan fingerprint density at radius 1 is 1.21 bits per heavy atom. The van der Waals surface area contributed by atoms with Crippen LogP contribution in [0.2, 0.25) is 0 Å². The number of ether oxygens (including phenoxy) is 1. The molecule has 0 unspecified atom stereocenters. The minimum absolute atomic E-state index is 0. The lowest BCUT2D eigenvalue weighted by Gasteiger charge is -2.26. The Labute approximate surface area is 186 Å². The largest absolute Gasteiger partial charge is 0.382 e. The Morgan fingerprint density at radius 2 is 1.96 bits per heavy atom. The zero-order chi connectivity index (χ0) is 19.5. The molecule has 1 aliphatic heterocycles. The molecule has 1 aromatic carbocycles.